The molecule has 1 fully saturated rings. The number of ether oxygens (including phenoxy) is 1. The molecular formula is C20H22N2O2S. The highest BCUT2D eigenvalue weighted by molar-refractivity contribution is 7.80. The Morgan fingerprint density at radius 2 is 1.92 bits per heavy atom. The van der Waals surface area contributed by atoms with Crippen LogP contribution in [0.15, 0.2) is 54.6 Å². The number of carbonyl (C=O) groups is 1. The molecule has 25 heavy (non-hydrogen) atoms. The van der Waals surface area contributed by atoms with Crippen LogP contribution in [0.1, 0.15) is 24.8 Å². The summed E-state index contributed by atoms with van der Waals surface area (Å²) in [6.07, 6.45) is 3.87. The summed E-state index contributed by atoms with van der Waals surface area (Å²) in [5, 5.41) is 6.08. The summed E-state index contributed by atoms with van der Waals surface area (Å²) in [6.45, 7) is 0.654. The topological polar surface area (TPSA) is 50.4 Å². The molecule has 1 amide bonds. The van der Waals surface area contributed by atoms with E-state index < -0.39 is 0 Å². The van der Waals surface area contributed by atoms with Gasteiger partial charge in [0.2, 0.25) is 5.91 Å². The zero-order valence-corrected chi connectivity index (χ0v) is 14.9. The predicted molar refractivity (Wildman–Crippen MR) is 104 cm³/mol. The normalized spacial score (nSPS) is 13.1. The van der Waals surface area contributed by atoms with Gasteiger partial charge in [-0.3, -0.25) is 4.79 Å². The molecule has 1 aliphatic rings. The van der Waals surface area contributed by atoms with Crippen LogP contribution in [0, 0.1) is 5.92 Å². The molecule has 0 heterocycles. The van der Waals surface area contributed by atoms with E-state index in [-0.39, 0.29) is 11.8 Å². The smallest absolute Gasteiger partial charge is 0.229 e. The number of thiocarbonyl (C=S) groups is 1. The van der Waals surface area contributed by atoms with E-state index in [4.69, 9.17) is 17.0 Å². The van der Waals surface area contributed by atoms with Crippen LogP contribution in [-0.2, 0) is 11.2 Å². The number of rotatable bonds is 7. The van der Waals surface area contributed by atoms with Gasteiger partial charge in [-0.25, -0.2) is 0 Å². The van der Waals surface area contributed by atoms with Crippen molar-refractivity contribution >= 4 is 28.9 Å². The Hall–Kier alpha value is -2.40. The summed E-state index contributed by atoms with van der Waals surface area (Å²) in [7, 11) is 0. The lowest BCUT2D eigenvalue weighted by Crippen LogP contribution is -2.35. The molecule has 2 aromatic carbocycles. The van der Waals surface area contributed by atoms with Crippen LogP contribution in [-0.4, -0.2) is 17.6 Å². The van der Waals surface area contributed by atoms with E-state index in [2.05, 4.69) is 34.9 Å². The van der Waals surface area contributed by atoms with Gasteiger partial charge in [-0.15, -0.1) is 0 Å². The third-order valence-corrected chi connectivity index (χ3v) is 4.20. The summed E-state index contributed by atoms with van der Waals surface area (Å²) in [5.41, 5.74) is 2.12. The molecule has 2 aromatic rings. The first-order valence-electron chi connectivity index (χ1n) is 8.59. The first kappa shape index (κ1) is 17.4. The number of hydrogen-bond donors (Lipinski definition) is 2. The van der Waals surface area contributed by atoms with E-state index in [9.17, 15) is 4.79 Å². The molecule has 0 saturated heterocycles. The first-order valence-corrected chi connectivity index (χ1v) is 9.00. The first-order chi connectivity index (χ1) is 12.2. The monoisotopic (exact) mass is 354 g/mol. The second kappa shape index (κ2) is 8.62. The van der Waals surface area contributed by atoms with Gasteiger partial charge >= 0.3 is 0 Å². The lowest BCUT2D eigenvalue weighted by Gasteiger charge is -2.11. The largest absolute Gasteiger partial charge is 0.494 e. The average Bonchev–Trinajstić information content (AvgIpc) is 3.45. The Bertz CT molecular complexity index is 729. The fourth-order valence-electron chi connectivity index (χ4n) is 2.50. The summed E-state index contributed by atoms with van der Waals surface area (Å²) in [6, 6.07) is 18.0. The molecule has 0 atom stereocenters. The second-order valence-electron chi connectivity index (χ2n) is 6.18. The Balaban J connectivity index is 1.42. The lowest BCUT2D eigenvalue weighted by molar-refractivity contribution is -0.120. The minimum Gasteiger partial charge on any atom is -0.494 e. The number of amides is 1. The van der Waals surface area contributed by atoms with Crippen molar-refractivity contribution in [1.82, 2.24) is 5.32 Å². The number of aryl methyl sites for hydroxylation is 1. The number of hydrogen-bond acceptors (Lipinski definition) is 3. The zero-order valence-electron chi connectivity index (χ0n) is 14.0. The van der Waals surface area contributed by atoms with E-state index in [1.165, 1.54) is 5.56 Å². The van der Waals surface area contributed by atoms with Crippen LogP contribution in [0.4, 0.5) is 5.69 Å². The molecule has 5 heteroatoms. The van der Waals surface area contributed by atoms with E-state index in [1.54, 1.807) is 0 Å². The molecule has 1 saturated carbocycles. The van der Waals surface area contributed by atoms with Gasteiger partial charge in [0, 0.05) is 17.7 Å². The highest BCUT2D eigenvalue weighted by Crippen LogP contribution is 2.28. The Morgan fingerprint density at radius 1 is 1.12 bits per heavy atom. The fourth-order valence-corrected chi connectivity index (χ4v) is 2.71. The number of nitrogens with one attached hydrogen (secondary N) is 2. The lowest BCUT2D eigenvalue weighted by atomic mass is 10.1. The fraction of sp³-hybridized carbons (Fsp3) is 0.300. The van der Waals surface area contributed by atoms with Gasteiger partial charge in [0.15, 0.2) is 5.11 Å². The molecule has 130 valence electrons. The van der Waals surface area contributed by atoms with Gasteiger partial charge in [0.1, 0.15) is 5.75 Å². The highest BCUT2D eigenvalue weighted by atomic mass is 32.1. The van der Waals surface area contributed by atoms with Gasteiger partial charge in [-0.1, -0.05) is 36.4 Å². The van der Waals surface area contributed by atoms with Gasteiger partial charge in [0.25, 0.3) is 0 Å². The molecule has 0 aromatic heterocycles. The minimum atomic E-state index is 0.00539. The van der Waals surface area contributed by atoms with Crippen molar-refractivity contribution < 1.29 is 9.53 Å². The van der Waals surface area contributed by atoms with Crippen LogP contribution in [0.3, 0.4) is 0 Å². The van der Waals surface area contributed by atoms with Crippen molar-refractivity contribution in [3.63, 3.8) is 0 Å². The van der Waals surface area contributed by atoms with Crippen molar-refractivity contribution in [1.29, 1.82) is 0 Å². The van der Waals surface area contributed by atoms with E-state index in [0.717, 1.165) is 37.1 Å². The third-order valence-electron chi connectivity index (χ3n) is 4.00. The standard InChI is InChI=1S/C20H22N2O2S/c23-19(16-11-12-16)22-20(25)21-17-9-4-10-18(14-17)24-13-5-8-15-6-2-1-3-7-15/h1-4,6-7,9-10,14,16H,5,8,11-13H2,(H2,21,22,23,25). The second-order valence-corrected chi connectivity index (χ2v) is 6.59. The van der Waals surface area contributed by atoms with Crippen molar-refractivity contribution in [2.45, 2.75) is 25.7 Å². The highest BCUT2D eigenvalue weighted by Gasteiger charge is 2.29. The van der Waals surface area contributed by atoms with Crippen molar-refractivity contribution in [2.75, 3.05) is 11.9 Å². The van der Waals surface area contributed by atoms with Gasteiger partial charge in [0.05, 0.1) is 6.61 Å². The molecule has 0 radical (unpaired) electrons. The van der Waals surface area contributed by atoms with Crippen molar-refractivity contribution in [3.8, 4) is 5.75 Å². The van der Waals surface area contributed by atoms with Crippen LogP contribution in [0.5, 0.6) is 5.75 Å². The SMILES string of the molecule is O=C(NC(=S)Nc1cccc(OCCCc2ccccc2)c1)C1CC1. The van der Waals surface area contributed by atoms with E-state index in [0.29, 0.717) is 11.7 Å². The van der Waals surface area contributed by atoms with Crippen LogP contribution < -0.4 is 15.4 Å². The van der Waals surface area contributed by atoms with Crippen LogP contribution in [0.25, 0.3) is 0 Å². The molecule has 2 N–H and O–H groups in total. The minimum absolute atomic E-state index is 0.00539. The average molecular weight is 354 g/mol. The Kier molecular flexibility index (Phi) is 6.01. The number of anilines is 1. The van der Waals surface area contributed by atoms with Gasteiger partial charge < -0.3 is 15.4 Å². The molecule has 0 spiro atoms. The van der Waals surface area contributed by atoms with Gasteiger partial charge in [-0.05, 0) is 55.6 Å². The summed E-state index contributed by atoms with van der Waals surface area (Å²) >= 11 is 5.18. The van der Waals surface area contributed by atoms with Crippen LogP contribution in [0.2, 0.25) is 0 Å². The molecular weight excluding hydrogens is 332 g/mol. The maximum atomic E-state index is 11.7. The van der Waals surface area contributed by atoms with Crippen molar-refractivity contribution in [2.24, 2.45) is 5.92 Å². The van der Waals surface area contributed by atoms with Crippen LogP contribution >= 0.6 is 12.2 Å². The maximum absolute atomic E-state index is 11.7. The molecule has 4 nitrogen and oxygen atoms in total. The molecule has 3 rings (SSSR count). The molecule has 1 aliphatic carbocycles. The Morgan fingerprint density at radius 3 is 2.68 bits per heavy atom. The predicted octanol–water partition coefficient (Wildman–Crippen LogP) is 3.92. The summed E-state index contributed by atoms with van der Waals surface area (Å²) in [5.74, 6) is 0.930. The number of benzene rings is 2. The third kappa shape index (κ3) is 5.87. The Labute approximate surface area is 153 Å². The summed E-state index contributed by atoms with van der Waals surface area (Å²) in [4.78, 5) is 11.7. The van der Waals surface area contributed by atoms with E-state index >= 15 is 0 Å². The number of carbonyl (C=O) groups excluding carboxylic acids is 1. The quantitative estimate of drug-likeness (QED) is 0.584. The molecule has 0 bridgehead atoms. The van der Waals surface area contributed by atoms with Gasteiger partial charge in [-0.2, -0.15) is 0 Å². The van der Waals surface area contributed by atoms with E-state index in [1.807, 2.05) is 30.3 Å². The maximum Gasteiger partial charge on any atom is 0.229 e. The summed E-state index contributed by atoms with van der Waals surface area (Å²) < 4.78 is 5.81. The zero-order chi connectivity index (χ0) is 17.5. The molecule has 0 unspecified atom stereocenters. The molecule has 0 aliphatic heterocycles. The van der Waals surface area contributed by atoms with Crippen molar-refractivity contribution in [3.05, 3.63) is 60.2 Å².